The molecule has 0 saturated heterocycles. The van der Waals surface area contributed by atoms with Crippen LogP contribution in [0.4, 0.5) is 31.1 Å². The molecule has 0 aromatic carbocycles. The first-order valence-electron chi connectivity index (χ1n) is 11.0. The second-order valence-corrected chi connectivity index (χ2v) is 7.30. The first-order valence-corrected chi connectivity index (χ1v) is 11.4. The standard InChI is InChI=1S/C6H5F3N2O2.C6H7F3N2O.C6H15N.C3H5ClO2.B.Na.H/c1-11-2-3(5(12)13)4(10-11)6(7,8)9;1-11-2-4(3-12)5(10-11)6(7,8)9;1-4-7(5-2)6-3;1-2-6-3(4)5;;;/h2H,1H3,(H,12,13);2,12H,3H2,1H3;4-6H2,1-3H3;2H2,1H3;;;/q;;;;;+1;-1. The van der Waals surface area contributed by atoms with Crippen molar-refractivity contribution in [3.05, 3.63) is 34.9 Å². The Labute approximate surface area is 258 Å². The number of carbonyl (C=O) groups excluding carboxylic acids is 1. The van der Waals surface area contributed by atoms with Gasteiger partial charge in [0, 0.05) is 52.1 Å². The largest absolute Gasteiger partial charge is 1.00 e. The molecule has 19 heteroatoms. The van der Waals surface area contributed by atoms with Gasteiger partial charge in [0.25, 0.3) is 0 Å². The van der Waals surface area contributed by atoms with Crippen molar-refractivity contribution < 1.29 is 81.9 Å². The third-order valence-electron chi connectivity index (χ3n) is 4.27. The third kappa shape index (κ3) is 18.5. The molecule has 2 aromatic heterocycles. The van der Waals surface area contributed by atoms with Crippen LogP contribution < -0.4 is 29.6 Å². The average molecular weight is 619 g/mol. The number of halogens is 7. The predicted octanol–water partition coefficient (Wildman–Crippen LogP) is 1.53. The fraction of sp³-hybridized carbons (Fsp3) is 0.619. The summed E-state index contributed by atoms with van der Waals surface area (Å²) in [5.41, 5.74) is -4.17. The van der Waals surface area contributed by atoms with Gasteiger partial charge in [-0.3, -0.25) is 9.36 Å². The number of aromatic nitrogens is 4. The van der Waals surface area contributed by atoms with E-state index in [9.17, 15) is 35.9 Å². The molecule has 0 atom stereocenters. The van der Waals surface area contributed by atoms with Gasteiger partial charge in [0.1, 0.15) is 5.56 Å². The van der Waals surface area contributed by atoms with Gasteiger partial charge in [0.05, 0.1) is 13.2 Å². The van der Waals surface area contributed by atoms with Crippen LogP contribution in [-0.2, 0) is 37.8 Å². The van der Waals surface area contributed by atoms with Gasteiger partial charge in [0.2, 0.25) is 0 Å². The molecule has 0 bridgehead atoms. The topological polar surface area (TPSA) is 123 Å². The van der Waals surface area contributed by atoms with E-state index in [0.717, 1.165) is 21.8 Å². The van der Waals surface area contributed by atoms with E-state index in [0.29, 0.717) is 6.61 Å². The summed E-state index contributed by atoms with van der Waals surface area (Å²) in [5.74, 6) is -1.64. The van der Waals surface area contributed by atoms with Crippen molar-refractivity contribution in [3.63, 3.8) is 0 Å². The molecule has 2 heterocycles. The van der Waals surface area contributed by atoms with Crippen molar-refractivity contribution in [3.8, 4) is 0 Å². The van der Waals surface area contributed by atoms with E-state index in [1.165, 1.54) is 33.7 Å². The Morgan fingerprint density at radius 1 is 0.950 bits per heavy atom. The summed E-state index contributed by atoms with van der Waals surface area (Å²) in [6.07, 6.45) is -7.26. The number of alkyl halides is 6. The fourth-order valence-electron chi connectivity index (χ4n) is 2.53. The molecule has 0 unspecified atom stereocenters. The molecular formula is C21H33BClF6N5NaO5. The SMILES string of the molecule is CCN(CC)CC.CCOC(=O)Cl.Cn1cc(C(=O)O)c(C(F)(F)F)n1.Cn1cc(CO)c(C(F)(F)F)n1.[B].[H-].[Na+]. The van der Waals surface area contributed by atoms with Crippen LogP contribution >= 0.6 is 11.6 Å². The third-order valence-corrected chi connectivity index (χ3v) is 4.38. The Morgan fingerprint density at radius 3 is 1.55 bits per heavy atom. The summed E-state index contributed by atoms with van der Waals surface area (Å²) in [4.78, 5) is 22.3. The molecule has 0 fully saturated rings. The zero-order valence-corrected chi connectivity index (χ0v) is 26.0. The van der Waals surface area contributed by atoms with Gasteiger partial charge in [-0.15, -0.1) is 0 Å². The zero-order chi connectivity index (χ0) is 30.3. The maximum atomic E-state index is 12.1. The minimum absolute atomic E-state index is 0. The number of aryl methyl sites for hydroxylation is 2. The summed E-state index contributed by atoms with van der Waals surface area (Å²) >= 11 is 4.72. The molecule has 10 nitrogen and oxygen atoms in total. The van der Waals surface area contributed by atoms with Gasteiger partial charge in [-0.05, 0) is 26.6 Å². The molecule has 0 aliphatic heterocycles. The van der Waals surface area contributed by atoms with Crippen LogP contribution in [0.3, 0.4) is 0 Å². The Hall–Kier alpha value is -1.79. The normalized spacial score (nSPS) is 10.4. The van der Waals surface area contributed by atoms with Crippen LogP contribution in [0.25, 0.3) is 0 Å². The number of aliphatic hydroxyl groups is 1. The van der Waals surface area contributed by atoms with E-state index in [4.69, 9.17) is 21.8 Å². The molecule has 3 radical (unpaired) electrons. The number of rotatable bonds is 6. The van der Waals surface area contributed by atoms with Gasteiger partial charge >= 0.3 is 53.3 Å². The summed E-state index contributed by atoms with van der Waals surface area (Å²) in [7, 11) is 2.59. The molecule has 0 saturated carbocycles. The Kier molecular flexibility index (Phi) is 24.7. The van der Waals surface area contributed by atoms with E-state index >= 15 is 0 Å². The summed E-state index contributed by atoms with van der Waals surface area (Å²) in [5, 5.41) is 23.1. The van der Waals surface area contributed by atoms with Gasteiger partial charge in [-0.2, -0.15) is 36.5 Å². The maximum Gasteiger partial charge on any atom is 1.00 e. The van der Waals surface area contributed by atoms with Crippen LogP contribution in [0, 0.1) is 0 Å². The Bertz CT molecular complexity index is 990. The van der Waals surface area contributed by atoms with Crippen molar-refractivity contribution >= 4 is 31.4 Å². The number of hydrogen-bond acceptors (Lipinski definition) is 7. The van der Waals surface area contributed by atoms with Crippen LogP contribution in [0.15, 0.2) is 12.4 Å². The molecular weight excluding hydrogens is 586 g/mol. The van der Waals surface area contributed by atoms with E-state index in [2.05, 4.69) is 40.6 Å². The fourth-order valence-corrected chi connectivity index (χ4v) is 2.64. The number of aliphatic hydroxyl groups excluding tert-OH is 1. The first kappa shape index (κ1) is 45.2. The van der Waals surface area contributed by atoms with E-state index in [-0.39, 0.29) is 45.0 Å². The number of nitrogens with zero attached hydrogens (tertiary/aromatic N) is 5. The maximum absolute atomic E-state index is 12.1. The van der Waals surface area contributed by atoms with E-state index in [1.54, 1.807) is 6.92 Å². The zero-order valence-electron chi connectivity index (χ0n) is 24.3. The van der Waals surface area contributed by atoms with Gasteiger partial charge < -0.3 is 21.3 Å². The van der Waals surface area contributed by atoms with Crippen molar-refractivity contribution in [2.24, 2.45) is 14.1 Å². The quantitative estimate of drug-likeness (QED) is 0.284. The van der Waals surface area contributed by atoms with Gasteiger partial charge in [-0.25, -0.2) is 9.59 Å². The number of carboxylic acids is 1. The van der Waals surface area contributed by atoms with Crippen LogP contribution in [0.2, 0.25) is 0 Å². The monoisotopic (exact) mass is 618 g/mol. The molecule has 0 aliphatic carbocycles. The minimum atomic E-state index is -4.73. The molecule has 2 N–H and O–H groups in total. The van der Waals surface area contributed by atoms with E-state index < -0.39 is 47.3 Å². The van der Waals surface area contributed by atoms with Crippen LogP contribution in [-0.4, -0.2) is 80.7 Å². The second kappa shape index (κ2) is 21.9. The van der Waals surface area contributed by atoms with Crippen molar-refractivity contribution in [2.75, 3.05) is 26.2 Å². The minimum Gasteiger partial charge on any atom is -1.00 e. The summed E-state index contributed by atoms with van der Waals surface area (Å²) in [6.45, 7) is 11.5. The molecule has 225 valence electrons. The Balaban J connectivity index is -0.000000144. The van der Waals surface area contributed by atoms with Gasteiger partial charge in [0.15, 0.2) is 11.4 Å². The van der Waals surface area contributed by atoms with E-state index in [1.807, 2.05) is 0 Å². The summed E-state index contributed by atoms with van der Waals surface area (Å²) in [6, 6.07) is 0. The first-order chi connectivity index (χ1) is 17.4. The van der Waals surface area contributed by atoms with Crippen molar-refractivity contribution in [1.82, 2.24) is 24.5 Å². The smallest absolute Gasteiger partial charge is 1.00 e. The van der Waals surface area contributed by atoms with Crippen molar-refractivity contribution in [2.45, 2.75) is 46.7 Å². The molecule has 2 rings (SSSR count). The number of aromatic carboxylic acids is 1. The van der Waals surface area contributed by atoms with Crippen LogP contribution in [0.5, 0.6) is 0 Å². The molecule has 0 aliphatic rings. The molecule has 40 heavy (non-hydrogen) atoms. The molecule has 0 spiro atoms. The summed E-state index contributed by atoms with van der Waals surface area (Å²) < 4.78 is 78.4. The number of hydrogen-bond donors (Lipinski definition) is 2. The van der Waals surface area contributed by atoms with Crippen molar-refractivity contribution in [1.29, 1.82) is 0 Å². The van der Waals surface area contributed by atoms with Crippen LogP contribution in [0.1, 0.15) is 56.4 Å². The Morgan fingerprint density at radius 2 is 1.35 bits per heavy atom. The predicted molar refractivity (Wildman–Crippen MR) is 133 cm³/mol. The molecule has 2 aromatic rings. The second-order valence-electron chi connectivity index (χ2n) is 6.99. The van der Waals surface area contributed by atoms with Gasteiger partial charge in [-0.1, -0.05) is 20.8 Å². The number of carboxylic acid groups (broad SMARTS) is 1. The number of ether oxygens (including phenoxy) is 1. The average Bonchev–Trinajstić information content (AvgIpc) is 3.39. The molecule has 0 amide bonds. The number of carbonyl (C=O) groups is 2.